The molecule has 0 aliphatic carbocycles. The molecular weight excluding hydrogens is 279 g/mol. The van der Waals surface area contributed by atoms with Crippen LogP contribution in [0.1, 0.15) is 38.3 Å². The van der Waals surface area contributed by atoms with E-state index in [0.29, 0.717) is 18.5 Å². The lowest BCUT2D eigenvalue weighted by Gasteiger charge is -2.19. The van der Waals surface area contributed by atoms with Gasteiger partial charge in [-0.15, -0.1) is 0 Å². The average Bonchev–Trinajstić information content (AvgIpc) is 2.23. The van der Waals surface area contributed by atoms with E-state index in [4.69, 9.17) is 5.73 Å². The van der Waals surface area contributed by atoms with Crippen LogP contribution in [0.15, 0.2) is 11.0 Å². The standard InChI is InChI=1S/C14H23FN2O2S/c1-9-8-11(15)12(16)10(2)13(9)20(18,19)17-7-6-14(3,4)5/h8,17H,6-7,16H2,1-5H3. The van der Waals surface area contributed by atoms with Gasteiger partial charge in [-0.2, -0.15) is 0 Å². The highest BCUT2D eigenvalue weighted by molar-refractivity contribution is 7.89. The zero-order valence-electron chi connectivity index (χ0n) is 12.7. The van der Waals surface area contributed by atoms with Crippen LogP contribution in [-0.4, -0.2) is 15.0 Å². The monoisotopic (exact) mass is 302 g/mol. The molecule has 1 aromatic rings. The molecule has 0 aliphatic heterocycles. The molecule has 1 aromatic carbocycles. The summed E-state index contributed by atoms with van der Waals surface area (Å²) in [5.74, 6) is -0.589. The summed E-state index contributed by atoms with van der Waals surface area (Å²) in [5.41, 5.74) is 6.11. The second kappa shape index (κ2) is 5.69. The van der Waals surface area contributed by atoms with Crippen LogP contribution in [0.25, 0.3) is 0 Å². The summed E-state index contributed by atoms with van der Waals surface area (Å²) in [6.45, 7) is 9.52. The number of sulfonamides is 1. The van der Waals surface area contributed by atoms with Crippen LogP contribution in [0.3, 0.4) is 0 Å². The van der Waals surface area contributed by atoms with Gasteiger partial charge in [0, 0.05) is 6.54 Å². The highest BCUT2D eigenvalue weighted by Crippen LogP contribution is 2.27. The topological polar surface area (TPSA) is 72.2 Å². The fourth-order valence-corrected chi connectivity index (χ4v) is 3.49. The van der Waals surface area contributed by atoms with Crippen molar-refractivity contribution in [2.24, 2.45) is 5.41 Å². The van der Waals surface area contributed by atoms with Crippen LogP contribution in [0.2, 0.25) is 0 Å². The second-order valence-corrected chi connectivity index (χ2v) is 7.96. The Morgan fingerprint density at radius 1 is 1.30 bits per heavy atom. The lowest BCUT2D eigenvalue weighted by molar-refractivity contribution is 0.378. The van der Waals surface area contributed by atoms with Crippen molar-refractivity contribution in [3.63, 3.8) is 0 Å². The number of nitrogens with one attached hydrogen (secondary N) is 1. The van der Waals surface area contributed by atoms with Gasteiger partial charge in [-0.3, -0.25) is 0 Å². The number of nitrogen functional groups attached to an aromatic ring is 1. The number of anilines is 1. The number of rotatable bonds is 4. The zero-order valence-corrected chi connectivity index (χ0v) is 13.5. The summed E-state index contributed by atoms with van der Waals surface area (Å²) in [4.78, 5) is 0.0744. The number of halogens is 1. The van der Waals surface area contributed by atoms with Crippen molar-refractivity contribution in [3.05, 3.63) is 23.0 Å². The molecule has 0 heterocycles. The summed E-state index contributed by atoms with van der Waals surface area (Å²) in [6.07, 6.45) is 0.709. The van der Waals surface area contributed by atoms with Gasteiger partial charge >= 0.3 is 0 Å². The van der Waals surface area contributed by atoms with E-state index in [-0.39, 0.29) is 21.6 Å². The predicted octanol–water partition coefficient (Wildman–Crippen LogP) is 2.74. The maximum atomic E-state index is 13.5. The van der Waals surface area contributed by atoms with Gasteiger partial charge in [0.05, 0.1) is 10.6 Å². The largest absolute Gasteiger partial charge is 0.396 e. The Morgan fingerprint density at radius 3 is 2.35 bits per heavy atom. The molecule has 0 amide bonds. The molecule has 0 spiro atoms. The Kier molecular flexibility index (Phi) is 4.82. The third-order valence-corrected chi connectivity index (χ3v) is 4.89. The lowest BCUT2D eigenvalue weighted by Crippen LogP contribution is -2.29. The molecule has 114 valence electrons. The van der Waals surface area contributed by atoms with Gasteiger partial charge in [-0.1, -0.05) is 20.8 Å². The normalized spacial score (nSPS) is 12.7. The summed E-state index contributed by atoms with van der Waals surface area (Å²) < 4.78 is 40.7. The van der Waals surface area contributed by atoms with Gasteiger partial charge in [0.25, 0.3) is 0 Å². The smallest absolute Gasteiger partial charge is 0.241 e. The van der Waals surface area contributed by atoms with E-state index in [2.05, 4.69) is 4.72 Å². The third-order valence-electron chi connectivity index (χ3n) is 3.14. The number of nitrogens with two attached hydrogens (primary N) is 1. The minimum Gasteiger partial charge on any atom is -0.396 e. The fourth-order valence-electron chi connectivity index (χ4n) is 1.98. The quantitative estimate of drug-likeness (QED) is 0.840. The lowest BCUT2D eigenvalue weighted by atomic mass is 9.93. The number of benzene rings is 1. The van der Waals surface area contributed by atoms with Crippen LogP contribution in [0, 0.1) is 25.1 Å². The van der Waals surface area contributed by atoms with Crippen LogP contribution in [-0.2, 0) is 10.0 Å². The maximum absolute atomic E-state index is 13.5. The Hall–Kier alpha value is -1.14. The molecule has 0 unspecified atom stereocenters. The minimum atomic E-state index is -3.68. The van der Waals surface area contributed by atoms with Gasteiger partial charge in [0.15, 0.2) is 0 Å². The number of aryl methyl sites for hydroxylation is 1. The van der Waals surface area contributed by atoms with Crippen LogP contribution in [0.4, 0.5) is 10.1 Å². The van der Waals surface area contributed by atoms with Crippen molar-refractivity contribution in [3.8, 4) is 0 Å². The van der Waals surface area contributed by atoms with Gasteiger partial charge in [-0.25, -0.2) is 17.5 Å². The first-order chi connectivity index (χ1) is 8.96. The summed E-state index contributed by atoms with van der Waals surface area (Å²) in [7, 11) is -3.68. The van der Waals surface area contributed by atoms with Crippen molar-refractivity contribution in [1.82, 2.24) is 4.72 Å². The van der Waals surface area contributed by atoms with Gasteiger partial charge < -0.3 is 5.73 Å². The van der Waals surface area contributed by atoms with Crippen LogP contribution < -0.4 is 10.5 Å². The molecule has 0 atom stereocenters. The predicted molar refractivity (Wildman–Crippen MR) is 79.5 cm³/mol. The molecule has 0 aliphatic rings. The highest BCUT2D eigenvalue weighted by atomic mass is 32.2. The maximum Gasteiger partial charge on any atom is 0.241 e. The van der Waals surface area contributed by atoms with E-state index in [1.807, 2.05) is 20.8 Å². The van der Waals surface area contributed by atoms with Crippen LogP contribution in [0.5, 0.6) is 0 Å². The zero-order chi connectivity index (χ0) is 15.7. The average molecular weight is 302 g/mol. The van der Waals surface area contributed by atoms with Gasteiger partial charge in [0.2, 0.25) is 10.0 Å². The first-order valence-electron chi connectivity index (χ1n) is 6.50. The van der Waals surface area contributed by atoms with E-state index in [9.17, 15) is 12.8 Å². The number of hydrogen-bond acceptors (Lipinski definition) is 3. The molecule has 0 radical (unpaired) electrons. The highest BCUT2D eigenvalue weighted by Gasteiger charge is 2.23. The molecule has 0 bridgehead atoms. The molecule has 6 heteroatoms. The fraction of sp³-hybridized carbons (Fsp3) is 0.571. The van der Waals surface area contributed by atoms with E-state index in [0.717, 1.165) is 6.07 Å². The Labute approximate surface area is 120 Å². The molecule has 20 heavy (non-hydrogen) atoms. The first kappa shape index (κ1) is 16.9. The van der Waals surface area contributed by atoms with Crippen molar-refractivity contribution >= 4 is 15.7 Å². The van der Waals surface area contributed by atoms with Crippen LogP contribution >= 0.6 is 0 Å². The van der Waals surface area contributed by atoms with Gasteiger partial charge in [0.1, 0.15) is 5.82 Å². The molecule has 0 aromatic heterocycles. The van der Waals surface area contributed by atoms with Gasteiger partial charge in [-0.05, 0) is 42.9 Å². The SMILES string of the molecule is Cc1cc(F)c(N)c(C)c1S(=O)(=O)NCCC(C)(C)C. The van der Waals surface area contributed by atoms with E-state index >= 15 is 0 Å². The Balaban J connectivity index is 3.08. The first-order valence-corrected chi connectivity index (χ1v) is 7.99. The van der Waals surface area contributed by atoms with Crippen molar-refractivity contribution in [2.45, 2.75) is 45.9 Å². The van der Waals surface area contributed by atoms with E-state index in [1.165, 1.54) is 6.92 Å². The van der Waals surface area contributed by atoms with Crippen molar-refractivity contribution in [2.75, 3.05) is 12.3 Å². The second-order valence-electron chi connectivity index (χ2n) is 6.25. The molecule has 1 rings (SSSR count). The minimum absolute atomic E-state index is 0.0361. The Morgan fingerprint density at radius 2 is 1.85 bits per heavy atom. The molecule has 3 N–H and O–H groups in total. The molecule has 0 saturated carbocycles. The summed E-state index contributed by atoms with van der Waals surface area (Å²) >= 11 is 0. The molecule has 0 saturated heterocycles. The van der Waals surface area contributed by atoms with Crippen molar-refractivity contribution in [1.29, 1.82) is 0 Å². The van der Waals surface area contributed by atoms with E-state index < -0.39 is 15.8 Å². The van der Waals surface area contributed by atoms with Crippen molar-refractivity contribution < 1.29 is 12.8 Å². The summed E-state index contributed by atoms with van der Waals surface area (Å²) in [5, 5.41) is 0. The molecular formula is C14H23FN2O2S. The van der Waals surface area contributed by atoms with E-state index in [1.54, 1.807) is 6.92 Å². The molecule has 4 nitrogen and oxygen atoms in total. The Bertz CT molecular complexity index is 605. The summed E-state index contributed by atoms with van der Waals surface area (Å²) in [6, 6.07) is 1.15. The number of hydrogen-bond donors (Lipinski definition) is 2. The molecule has 0 fully saturated rings. The third kappa shape index (κ3) is 3.93.